The number of nitrogens with two attached hydrogens (primary N) is 1. The second kappa shape index (κ2) is 6.33. The lowest BCUT2D eigenvalue weighted by Gasteiger charge is -2.27. The van der Waals surface area contributed by atoms with Crippen LogP contribution in [0.3, 0.4) is 0 Å². The van der Waals surface area contributed by atoms with Crippen LogP contribution >= 0.6 is 11.6 Å². The van der Waals surface area contributed by atoms with E-state index in [1.54, 1.807) is 0 Å². The molecule has 1 aliphatic carbocycles. The average Bonchev–Trinajstić information content (AvgIpc) is 2.37. The zero-order valence-corrected chi connectivity index (χ0v) is 11.9. The fourth-order valence-electron chi connectivity index (χ4n) is 2.90. The van der Waals surface area contributed by atoms with Crippen LogP contribution < -0.4 is 10.6 Å². The standard InChI is InChI=1S/C15H23ClN2/c1-18(11-10-12-6-3-2-4-7-12)15-13(16)8-5-9-14(15)17/h5,8-9,12H,2-4,6-7,10-11,17H2,1H3. The molecule has 0 aliphatic heterocycles. The van der Waals surface area contributed by atoms with Crippen molar-refractivity contribution in [1.29, 1.82) is 0 Å². The predicted molar refractivity (Wildman–Crippen MR) is 80.3 cm³/mol. The monoisotopic (exact) mass is 266 g/mol. The maximum Gasteiger partial charge on any atom is 0.0786 e. The smallest absolute Gasteiger partial charge is 0.0786 e. The van der Waals surface area contributed by atoms with Gasteiger partial charge in [0.1, 0.15) is 0 Å². The van der Waals surface area contributed by atoms with Crippen molar-refractivity contribution in [2.45, 2.75) is 38.5 Å². The molecule has 0 radical (unpaired) electrons. The SMILES string of the molecule is CN(CCC1CCCCC1)c1c(N)cccc1Cl. The summed E-state index contributed by atoms with van der Waals surface area (Å²) in [6, 6.07) is 5.72. The minimum Gasteiger partial charge on any atom is -0.397 e. The zero-order chi connectivity index (χ0) is 13.0. The molecule has 2 nitrogen and oxygen atoms in total. The third-order valence-corrected chi connectivity index (χ3v) is 4.30. The van der Waals surface area contributed by atoms with Gasteiger partial charge in [0.15, 0.2) is 0 Å². The van der Waals surface area contributed by atoms with Crippen molar-refractivity contribution in [3.05, 3.63) is 23.2 Å². The van der Waals surface area contributed by atoms with E-state index in [4.69, 9.17) is 17.3 Å². The number of para-hydroxylation sites is 1. The Morgan fingerprint density at radius 2 is 2.00 bits per heavy atom. The molecular formula is C15H23ClN2. The number of benzene rings is 1. The summed E-state index contributed by atoms with van der Waals surface area (Å²) in [5.74, 6) is 0.893. The predicted octanol–water partition coefficient (Wildman–Crippen LogP) is 4.33. The third kappa shape index (κ3) is 3.32. The van der Waals surface area contributed by atoms with Gasteiger partial charge >= 0.3 is 0 Å². The molecule has 1 saturated carbocycles. The molecule has 18 heavy (non-hydrogen) atoms. The van der Waals surface area contributed by atoms with Gasteiger partial charge in [-0.05, 0) is 24.5 Å². The molecule has 2 rings (SSSR count). The Morgan fingerprint density at radius 1 is 1.28 bits per heavy atom. The average molecular weight is 267 g/mol. The molecule has 100 valence electrons. The molecular weight excluding hydrogens is 244 g/mol. The highest BCUT2D eigenvalue weighted by Crippen LogP contribution is 2.32. The van der Waals surface area contributed by atoms with Gasteiger partial charge in [-0.25, -0.2) is 0 Å². The number of hydrogen-bond donors (Lipinski definition) is 1. The Morgan fingerprint density at radius 3 is 2.67 bits per heavy atom. The molecule has 1 aromatic carbocycles. The fraction of sp³-hybridized carbons (Fsp3) is 0.600. The molecule has 0 saturated heterocycles. The van der Waals surface area contributed by atoms with Crippen LogP contribution in [0.4, 0.5) is 11.4 Å². The van der Waals surface area contributed by atoms with E-state index in [0.717, 1.165) is 28.9 Å². The lowest BCUT2D eigenvalue weighted by molar-refractivity contribution is 0.341. The maximum absolute atomic E-state index is 6.22. The molecule has 0 amide bonds. The van der Waals surface area contributed by atoms with E-state index in [9.17, 15) is 0 Å². The highest BCUT2D eigenvalue weighted by atomic mass is 35.5. The Hall–Kier alpha value is -0.890. The van der Waals surface area contributed by atoms with Crippen LogP contribution in [0.25, 0.3) is 0 Å². The lowest BCUT2D eigenvalue weighted by Crippen LogP contribution is -2.23. The molecule has 0 heterocycles. The Labute approximate surface area is 115 Å². The number of nitrogens with zero attached hydrogens (tertiary/aromatic N) is 1. The van der Waals surface area contributed by atoms with Crippen molar-refractivity contribution in [2.75, 3.05) is 24.2 Å². The first-order valence-electron chi connectivity index (χ1n) is 6.93. The van der Waals surface area contributed by atoms with Crippen LogP contribution in [0.1, 0.15) is 38.5 Å². The summed E-state index contributed by atoms with van der Waals surface area (Å²) in [5, 5.41) is 0.751. The van der Waals surface area contributed by atoms with Crippen LogP contribution in [0, 0.1) is 5.92 Å². The van der Waals surface area contributed by atoms with E-state index in [2.05, 4.69) is 11.9 Å². The van der Waals surface area contributed by atoms with Crippen molar-refractivity contribution in [2.24, 2.45) is 5.92 Å². The van der Waals surface area contributed by atoms with Crippen molar-refractivity contribution < 1.29 is 0 Å². The number of anilines is 2. The summed E-state index contributed by atoms with van der Waals surface area (Å²) in [7, 11) is 2.08. The summed E-state index contributed by atoms with van der Waals surface area (Å²) < 4.78 is 0. The second-order valence-corrected chi connectivity index (χ2v) is 5.80. The quantitative estimate of drug-likeness (QED) is 0.822. The highest BCUT2D eigenvalue weighted by Gasteiger charge is 2.15. The summed E-state index contributed by atoms with van der Waals surface area (Å²) in [6.45, 7) is 1.04. The zero-order valence-electron chi connectivity index (χ0n) is 11.2. The van der Waals surface area contributed by atoms with Crippen molar-refractivity contribution >= 4 is 23.0 Å². The minimum absolute atomic E-state index is 0.751. The van der Waals surface area contributed by atoms with E-state index < -0.39 is 0 Å². The third-order valence-electron chi connectivity index (χ3n) is 4.00. The van der Waals surface area contributed by atoms with Gasteiger partial charge in [-0.3, -0.25) is 0 Å². The molecule has 1 aliphatic rings. The normalized spacial score (nSPS) is 16.8. The van der Waals surface area contributed by atoms with E-state index in [1.807, 2.05) is 18.2 Å². The van der Waals surface area contributed by atoms with Crippen LogP contribution in [0.5, 0.6) is 0 Å². The maximum atomic E-state index is 6.22. The largest absolute Gasteiger partial charge is 0.397 e. The number of halogens is 1. The van der Waals surface area contributed by atoms with Gasteiger partial charge in [0.2, 0.25) is 0 Å². The second-order valence-electron chi connectivity index (χ2n) is 5.39. The summed E-state index contributed by atoms with van der Waals surface area (Å²) >= 11 is 6.22. The van der Waals surface area contributed by atoms with Gasteiger partial charge in [-0.15, -0.1) is 0 Å². The number of rotatable bonds is 4. The summed E-state index contributed by atoms with van der Waals surface area (Å²) in [6.07, 6.45) is 8.27. The van der Waals surface area contributed by atoms with Crippen molar-refractivity contribution in [3.8, 4) is 0 Å². The fourth-order valence-corrected chi connectivity index (χ4v) is 3.22. The van der Waals surface area contributed by atoms with Gasteiger partial charge in [0, 0.05) is 13.6 Å². The molecule has 2 N–H and O–H groups in total. The van der Waals surface area contributed by atoms with Crippen molar-refractivity contribution in [3.63, 3.8) is 0 Å². The van der Waals surface area contributed by atoms with Gasteiger partial charge in [0.25, 0.3) is 0 Å². The molecule has 0 atom stereocenters. The van der Waals surface area contributed by atoms with Crippen LogP contribution in [-0.4, -0.2) is 13.6 Å². The van der Waals surface area contributed by atoms with Gasteiger partial charge < -0.3 is 10.6 Å². The first-order chi connectivity index (χ1) is 8.68. The van der Waals surface area contributed by atoms with Crippen LogP contribution in [0.2, 0.25) is 5.02 Å². The molecule has 1 aromatic rings. The minimum atomic E-state index is 0.751. The lowest BCUT2D eigenvalue weighted by atomic mass is 9.87. The Bertz CT molecular complexity index is 366. The van der Waals surface area contributed by atoms with E-state index in [0.29, 0.717) is 0 Å². The molecule has 3 heteroatoms. The number of nitrogen functional groups attached to an aromatic ring is 1. The molecule has 1 fully saturated rings. The molecule has 0 spiro atoms. The first kappa shape index (κ1) is 13.5. The Kier molecular flexibility index (Phi) is 4.76. The summed E-state index contributed by atoms with van der Waals surface area (Å²) in [5.41, 5.74) is 7.76. The van der Waals surface area contributed by atoms with E-state index >= 15 is 0 Å². The van der Waals surface area contributed by atoms with Gasteiger partial charge in [0.05, 0.1) is 16.4 Å². The Balaban J connectivity index is 1.92. The number of hydrogen-bond acceptors (Lipinski definition) is 2. The van der Waals surface area contributed by atoms with Gasteiger partial charge in [-0.1, -0.05) is 49.8 Å². The van der Waals surface area contributed by atoms with E-state index in [1.165, 1.54) is 38.5 Å². The van der Waals surface area contributed by atoms with Crippen molar-refractivity contribution in [1.82, 2.24) is 0 Å². The molecule has 0 unspecified atom stereocenters. The first-order valence-corrected chi connectivity index (χ1v) is 7.31. The summed E-state index contributed by atoms with van der Waals surface area (Å²) in [4.78, 5) is 2.20. The molecule has 0 aromatic heterocycles. The molecule has 0 bridgehead atoms. The highest BCUT2D eigenvalue weighted by molar-refractivity contribution is 6.33. The van der Waals surface area contributed by atoms with Crippen LogP contribution in [-0.2, 0) is 0 Å². The van der Waals surface area contributed by atoms with Gasteiger partial charge in [-0.2, -0.15) is 0 Å². The van der Waals surface area contributed by atoms with Crippen LogP contribution in [0.15, 0.2) is 18.2 Å². The topological polar surface area (TPSA) is 29.3 Å². The van der Waals surface area contributed by atoms with E-state index in [-0.39, 0.29) is 0 Å².